The van der Waals surface area contributed by atoms with Crippen LogP contribution < -0.4 is 15.4 Å². The number of methoxy groups -OCH3 is 1. The Morgan fingerprint density at radius 2 is 1.29 bits per heavy atom. The van der Waals surface area contributed by atoms with E-state index in [1.807, 2.05) is 13.8 Å². The zero-order valence-electron chi connectivity index (χ0n) is 66.4. The molecule has 112 heavy (non-hydrogen) atoms. The van der Waals surface area contributed by atoms with Gasteiger partial charge in [0.05, 0.1) is 37.3 Å². The number of carbonyl (C=O) groups is 12. The van der Waals surface area contributed by atoms with Gasteiger partial charge in [0.15, 0.2) is 0 Å². The van der Waals surface area contributed by atoms with Crippen LogP contribution in [0, 0.1) is 11.8 Å². The van der Waals surface area contributed by atoms with E-state index in [0.717, 1.165) is 48.4 Å². The summed E-state index contributed by atoms with van der Waals surface area (Å²) in [6, 6.07) is -5.23. The van der Waals surface area contributed by atoms with Gasteiger partial charge < -0.3 is 69.1 Å². The molecule has 32 heteroatoms. The maximum absolute atomic E-state index is 15.9. The predicted molar refractivity (Wildman–Crippen MR) is 399 cm³/mol. The number of alkyl halides is 6. The first kappa shape index (κ1) is 87.1. The minimum absolute atomic E-state index is 0.0647. The van der Waals surface area contributed by atoms with Gasteiger partial charge in [0.25, 0.3) is 0 Å². The van der Waals surface area contributed by atoms with Crippen LogP contribution in [0.1, 0.15) is 172 Å². The van der Waals surface area contributed by atoms with Crippen molar-refractivity contribution < 1.29 is 93.4 Å². The first-order chi connectivity index (χ1) is 53.0. The van der Waals surface area contributed by atoms with Crippen LogP contribution in [-0.4, -0.2) is 281 Å². The average molecular weight is 1580 g/mol. The molecule has 0 radical (unpaired) electrons. The second-order valence-corrected chi connectivity index (χ2v) is 31.4. The number of hydrogen-bond donors (Lipinski definition) is 2. The SMILES string of the molecule is CCC[C@H]1C(=O)N[C@@H]([C@@H](C)CC)C(=O)N2CCC[C@H]2C(=O)N(C)[C@H]2C/C=C\CCN(C2=O)[C@@H](Cc2ccc(C(F)(F)F)cc2)C(=O)N(C)CC(=O)N[C@@H](CCc2ccc(C(F)(F)F)c(OC)c2)C(=O)N2C[C@H](OCC)C[C@H]2C(=O)N(C)C2(CCC2)C(=O)N(C)[C@@H](C2CCCC2)C(=O)N(C)[C@H](C(=O)N2CCCC2)CC(=O)N1C. The highest BCUT2D eigenvalue weighted by Gasteiger charge is 2.57. The van der Waals surface area contributed by atoms with Gasteiger partial charge in [-0.25, -0.2) is 0 Å². The molecule has 0 aromatic heterocycles. The summed E-state index contributed by atoms with van der Waals surface area (Å²) in [5.41, 5.74) is -3.30. The molecule has 5 aliphatic heterocycles. The Morgan fingerprint density at radius 3 is 1.90 bits per heavy atom. The van der Waals surface area contributed by atoms with Crippen molar-refractivity contribution in [2.75, 3.05) is 95.3 Å². The van der Waals surface area contributed by atoms with Crippen molar-refractivity contribution in [1.82, 2.24) is 59.6 Å². The number of halogens is 6. The highest BCUT2D eigenvalue weighted by molar-refractivity contribution is 6.01. The first-order valence-electron chi connectivity index (χ1n) is 39.6. The van der Waals surface area contributed by atoms with Crippen molar-refractivity contribution in [3.8, 4) is 5.75 Å². The second-order valence-electron chi connectivity index (χ2n) is 31.4. The van der Waals surface area contributed by atoms with Gasteiger partial charge in [0, 0.05) is 94.5 Å². The lowest BCUT2D eigenvalue weighted by Gasteiger charge is -2.51. The quantitative estimate of drug-likeness (QED) is 0.148. The first-order valence-corrected chi connectivity index (χ1v) is 39.6. The molecule has 2 aliphatic carbocycles. The third-order valence-electron chi connectivity index (χ3n) is 24.3. The monoisotopic (exact) mass is 1580 g/mol. The molecule has 2 aromatic carbocycles. The van der Waals surface area contributed by atoms with E-state index in [-0.39, 0.29) is 95.2 Å². The summed E-state index contributed by atoms with van der Waals surface area (Å²) in [5.74, 6) is -10.2. The Bertz CT molecular complexity index is 3790. The lowest BCUT2D eigenvalue weighted by molar-refractivity contribution is -0.166. The van der Waals surface area contributed by atoms with Gasteiger partial charge in [0.1, 0.15) is 65.7 Å². The minimum atomic E-state index is -4.82. The number of fused-ring (bicyclic) bond motifs is 4. The number of rotatable bonds is 14. The Labute approximate surface area is 651 Å². The van der Waals surface area contributed by atoms with E-state index in [1.165, 1.54) is 87.6 Å². The molecule has 26 nitrogen and oxygen atoms in total. The zero-order valence-corrected chi connectivity index (χ0v) is 66.4. The lowest BCUT2D eigenvalue weighted by Crippen LogP contribution is -2.68. The van der Waals surface area contributed by atoms with Crippen LogP contribution in [0.2, 0.25) is 0 Å². The number of amides is 12. The molecule has 12 amide bonds. The summed E-state index contributed by atoms with van der Waals surface area (Å²) in [6.45, 7) is 6.70. The zero-order chi connectivity index (χ0) is 82.0. The van der Waals surface area contributed by atoms with Crippen LogP contribution in [0.25, 0.3) is 0 Å². The van der Waals surface area contributed by atoms with E-state index >= 15 is 52.7 Å². The number of carbonyl (C=O) groups excluding carboxylic acids is 12. The fourth-order valence-corrected chi connectivity index (χ4v) is 17.3. The largest absolute Gasteiger partial charge is 0.496 e. The minimum Gasteiger partial charge on any atom is -0.496 e. The highest BCUT2D eigenvalue weighted by Crippen LogP contribution is 2.43. The summed E-state index contributed by atoms with van der Waals surface area (Å²) < 4.78 is 96.2. The van der Waals surface area contributed by atoms with Crippen LogP contribution in [0.4, 0.5) is 26.3 Å². The normalized spacial score (nSPS) is 27.5. The van der Waals surface area contributed by atoms with E-state index in [1.54, 1.807) is 30.9 Å². The molecule has 2 bridgehead atoms. The predicted octanol–water partition coefficient (Wildman–Crippen LogP) is 6.63. The van der Waals surface area contributed by atoms with Crippen molar-refractivity contribution >= 4 is 70.9 Å². The topological polar surface area (TPSA) is 280 Å². The highest BCUT2D eigenvalue weighted by atomic mass is 19.4. The van der Waals surface area contributed by atoms with E-state index in [2.05, 4.69) is 10.6 Å². The number of likely N-dealkylation sites (N-methyl/N-ethyl adjacent to an activating group) is 6. The standard InChI is InChI=1S/C80H112F6N12O14/c1-12-24-57-68(101)88-66(49(4)13-2)75(108)96-42-22-28-59(96)71(104)91(7)58-27-16-15-19-41-97(74(58)107)61(43-50-29-33-53(34-30-50)79(81,82)83)70(103)89(5)48-64(99)87-56(36-32-51-31-35-55(80(84,85)86)63(44-51)111-11)69(102)98-47-54(112-14-3)45-62(98)72(105)94(10)78(37-23-38-78)77(110)93(9)67(52-25-17-18-26-52)76(109)92(8)60(46-65(100)90(57)6)73(106)95-39-20-21-40-95/h15-16,29-31,33-35,44,49,52,54,56-62,66-67H,12-14,17-28,32,36-43,45-48H2,1-11H3,(H,87,99)(H,88,101)/b16-15-/t49-,54+,56-,57-,58-,59-,60-,61-,62-,66-,67-/m0/s1. The summed E-state index contributed by atoms with van der Waals surface area (Å²) >= 11 is 0. The van der Waals surface area contributed by atoms with Crippen LogP contribution in [0.5, 0.6) is 5.75 Å². The Morgan fingerprint density at radius 1 is 0.625 bits per heavy atom. The molecule has 2 aromatic rings. The molecule has 2 N–H and O–H groups in total. The number of nitrogens with one attached hydrogen (secondary N) is 2. The van der Waals surface area contributed by atoms with Crippen LogP contribution in [0.15, 0.2) is 54.6 Å². The molecular weight excluding hydrogens is 1470 g/mol. The summed E-state index contributed by atoms with van der Waals surface area (Å²) in [5, 5.41) is 5.68. The molecule has 2 saturated carbocycles. The Balaban J connectivity index is 1.15. The molecule has 618 valence electrons. The van der Waals surface area contributed by atoms with Crippen molar-refractivity contribution in [3.63, 3.8) is 0 Å². The number of ether oxygens (including phenoxy) is 2. The molecule has 7 aliphatic rings. The molecule has 9 rings (SSSR count). The van der Waals surface area contributed by atoms with Crippen LogP contribution in [0.3, 0.4) is 0 Å². The van der Waals surface area contributed by atoms with Gasteiger partial charge in [-0.2, -0.15) is 26.3 Å². The fraction of sp³-hybridized carbons (Fsp3) is 0.675. The van der Waals surface area contributed by atoms with Crippen molar-refractivity contribution in [1.29, 1.82) is 0 Å². The van der Waals surface area contributed by atoms with Crippen molar-refractivity contribution in [3.05, 3.63) is 76.9 Å². The second kappa shape index (κ2) is 37.4. The van der Waals surface area contributed by atoms with E-state index in [0.29, 0.717) is 77.3 Å². The number of aryl methyl sites for hydroxylation is 1. The Hall–Kier alpha value is -8.84. The van der Waals surface area contributed by atoms with Gasteiger partial charge >= 0.3 is 12.4 Å². The van der Waals surface area contributed by atoms with Gasteiger partial charge in [-0.1, -0.05) is 76.8 Å². The summed E-state index contributed by atoms with van der Waals surface area (Å²) in [7, 11) is 9.43. The number of nitrogens with zero attached hydrogens (tertiary/aromatic N) is 10. The smallest absolute Gasteiger partial charge is 0.419 e. The fourth-order valence-electron chi connectivity index (χ4n) is 17.3. The molecule has 0 unspecified atom stereocenters. The average Bonchev–Trinajstić information content (AvgIpc) is 1.33. The molecule has 6 fully saturated rings. The van der Waals surface area contributed by atoms with E-state index < -0.39 is 197 Å². The van der Waals surface area contributed by atoms with Crippen LogP contribution in [-0.2, 0) is 87.5 Å². The third kappa shape index (κ3) is 19.3. The number of benzene rings is 2. The lowest BCUT2D eigenvalue weighted by atomic mass is 9.73. The van der Waals surface area contributed by atoms with E-state index in [4.69, 9.17) is 9.47 Å². The molecular formula is C80H112F6N12O14. The summed E-state index contributed by atoms with van der Waals surface area (Å²) in [6.07, 6.45) is -2.81. The van der Waals surface area contributed by atoms with Gasteiger partial charge in [-0.15, -0.1) is 0 Å². The van der Waals surface area contributed by atoms with Gasteiger partial charge in [-0.3, -0.25) is 57.5 Å². The number of likely N-dealkylation sites (tertiary alicyclic amines) is 1. The summed E-state index contributed by atoms with van der Waals surface area (Å²) in [4.78, 5) is 198. The van der Waals surface area contributed by atoms with Gasteiger partial charge in [-0.05, 0) is 144 Å². The molecule has 4 saturated heterocycles. The third-order valence-corrected chi connectivity index (χ3v) is 24.3. The van der Waals surface area contributed by atoms with E-state index in [9.17, 15) is 31.1 Å². The maximum Gasteiger partial charge on any atom is 0.419 e. The number of hydrogen-bond acceptors (Lipinski definition) is 14. The van der Waals surface area contributed by atoms with Gasteiger partial charge in [0.2, 0.25) is 70.9 Å². The molecule has 11 atom stereocenters. The van der Waals surface area contributed by atoms with Crippen molar-refractivity contribution in [2.45, 2.75) is 241 Å². The Kier molecular flexibility index (Phi) is 29.1. The van der Waals surface area contributed by atoms with Crippen molar-refractivity contribution in [2.24, 2.45) is 11.8 Å². The van der Waals surface area contributed by atoms with Crippen LogP contribution >= 0.6 is 0 Å². The molecule has 5 heterocycles. The maximum atomic E-state index is 15.9. The molecule has 1 spiro atoms.